The number of hydrogen-bond donors (Lipinski definition) is 1. The highest BCUT2D eigenvalue weighted by molar-refractivity contribution is 7.92. The summed E-state index contributed by atoms with van der Waals surface area (Å²) < 4.78 is 54.0. The van der Waals surface area contributed by atoms with Gasteiger partial charge >= 0.3 is 0 Å². The molecule has 1 aromatic carbocycles. The van der Waals surface area contributed by atoms with Crippen molar-refractivity contribution in [2.45, 2.75) is 9.79 Å². The molecule has 0 bridgehead atoms. The molecular weight excluding hydrogens is 292 g/mol. The smallest absolute Gasteiger partial charge is 0.244 e. The van der Waals surface area contributed by atoms with Crippen LogP contribution < -0.4 is 5.14 Å². The zero-order valence-corrected chi connectivity index (χ0v) is 11.7. The van der Waals surface area contributed by atoms with Crippen molar-refractivity contribution in [3.8, 4) is 0 Å². The predicted molar refractivity (Wildman–Crippen MR) is 67.4 cm³/mol. The van der Waals surface area contributed by atoms with E-state index in [1.54, 1.807) is 0 Å². The molecule has 2 rings (SSSR count). The van der Waals surface area contributed by atoms with Crippen molar-refractivity contribution in [2.75, 3.05) is 26.3 Å². The summed E-state index contributed by atoms with van der Waals surface area (Å²) in [6, 6.07) is 5.31. The largest absolute Gasteiger partial charge is 0.379 e. The maximum Gasteiger partial charge on any atom is 0.244 e. The van der Waals surface area contributed by atoms with E-state index in [0.29, 0.717) is 0 Å². The summed E-state index contributed by atoms with van der Waals surface area (Å²) in [4.78, 5) is -0.680. The quantitative estimate of drug-likeness (QED) is 0.799. The molecule has 0 aliphatic carbocycles. The summed E-state index contributed by atoms with van der Waals surface area (Å²) in [5.41, 5.74) is 0. The topological polar surface area (TPSA) is 107 Å². The Morgan fingerprint density at radius 2 is 1.53 bits per heavy atom. The maximum absolute atomic E-state index is 12.4. The van der Waals surface area contributed by atoms with E-state index in [9.17, 15) is 16.8 Å². The van der Waals surface area contributed by atoms with Crippen molar-refractivity contribution >= 4 is 20.0 Å². The standard InChI is InChI=1S/C10H14N2O5S2/c11-18(13,14)9-3-1-2-4-10(9)19(15,16)12-5-7-17-8-6-12/h1-4H,5-8H2,(H2,11,13,14). The first-order valence-electron chi connectivity index (χ1n) is 5.53. The second-order valence-electron chi connectivity index (χ2n) is 4.01. The maximum atomic E-state index is 12.4. The fraction of sp³-hybridized carbons (Fsp3) is 0.400. The molecule has 0 atom stereocenters. The Hall–Kier alpha value is -1.00. The van der Waals surface area contributed by atoms with E-state index in [1.807, 2.05) is 0 Å². The molecule has 19 heavy (non-hydrogen) atoms. The molecule has 1 aliphatic heterocycles. The van der Waals surface area contributed by atoms with Crippen LogP contribution in [0.2, 0.25) is 0 Å². The number of nitrogens with zero attached hydrogens (tertiary/aromatic N) is 1. The number of hydrogen-bond acceptors (Lipinski definition) is 5. The van der Waals surface area contributed by atoms with E-state index in [2.05, 4.69) is 0 Å². The molecule has 0 saturated carbocycles. The Bertz CT molecular complexity index is 663. The third-order valence-corrected chi connectivity index (χ3v) is 5.80. The molecule has 0 radical (unpaired) electrons. The van der Waals surface area contributed by atoms with Crippen LogP contribution in [0.5, 0.6) is 0 Å². The van der Waals surface area contributed by atoms with Crippen LogP contribution in [-0.2, 0) is 24.8 Å². The van der Waals surface area contributed by atoms with Gasteiger partial charge in [0.1, 0.15) is 9.79 Å². The van der Waals surface area contributed by atoms with Crippen LogP contribution in [0, 0.1) is 0 Å². The zero-order chi connectivity index (χ0) is 14.1. The molecule has 2 N–H and O–H groups in total. The molecular formula is C10H14N2O5S2. The second-order valence-corrected chi connectivity index (χ2v) is 7.44. The van der Waals surface area contributed by atoms with Crippen LogP contribution in [0.4, 0.5) is 0 Å². The van der Waals surface area contributed by atoms with Crippen LogP contribution >= 0.6 is 0 Å². The van der Waals surface area contributed by atoms with E-state index in [1.165, 1.54) is 28.6 Å². The number of primary sulfonamides is 1. The summed E-state index contributed by atoms with van der Waals surface area (Å²) in [5.74, 6) is 0. The van der Waals surface area contributed by atoms with Gasteiger partial charge in [-0.15, -0.1) is 0 Å². The summed E-state index contributed by atoms with van der Waals surface area (Å²) in [7, 11) is -7.97. The Morgan fingerprint density at radius 3 is 2.05 bits per heavy atom. The number of ether oxygens (including phenoxy) is 1. The summed E-state index contributed by atoms with van der Waals surface area (Å²) >= 11 is 0. The molecule has 0 amide bonds. The zero-order valence-electron chi connectivity index (χ0n) is 10.0. The Kier molecular flexibility index (Phi) is 3.92. The lowest BCUT2D eigenvalue weighted by Gasteiger charge is -2.26. The van der Waals surface area contributed by atoms with E-state index in [4.69, 9.17) is 9.88 Å². The van der Waals surface area contributed by atoms with Crippen molar-refractivity contribution in [1.82, 2.24) is 4.31 Å². The average Bonchev–Trinajstić information content (AvgIpc) is 2.39. The molecule has 1 aromatic rings. The van der Waals surface area contributed by atoms with Gasteiger partial charge in [0.2, 0.25) is 20.0 Å². The molecule has 0 aromatic heterocycles. The number of nitrogens with two attached hydrogens (primary N) is 1. The summed E-state index contributed by atoms with van der Waals surface area (Å²) in [5, 5.41) is 5.05. The summed E-state index contributed by atoms with van der Waals surface area (Å²) in [6.45, 7) is 0.968. The molecule has 1 heterocycles. The Morgan fingerprint density at radius 1 is 1.00 bits per heavy atom. The lowest BCUT2D eigenvalue weighted by Crippen LogP contribution is -2.41. The minimum absolute atomic E-state index is 0.196. The van der Waals surface area contributed by atoms with Gasteiger partial charge < -0.3 is 4.74 Å². The van der Waals surface area contributed by atoms with Crippen LogP contribution in [-0.4, -0.2) is 47.4 Å². The normalized spacial score (nSPS) is 18.4. The van der Waals surface area contributed by atoms with Crippen molar-refractivity contribution in [2.24, 2.45) is 5.14 Å². The number of rotatable bonds is 3. The van der Waals surface area contributed by atoms with E-state index >= 15 is 0 Å². The minimum atomic E-state index is -4.09. The van der Waals surface area contributed by atoms with Crippen molar-refractivity contribution in [3.63, 3.8) is 0 Å². The van der Waals surface area contributed by atoms with Crippen LogP contribution in [0.3, 0.4) is 0 Å². The van der Waals surface area contributed by atoms with Gasteiger partial charge in [0.25, 0.3) is 0 Å². The fourth-order valence-electron chi connectivity index (χ4n) is 1.82. The van der Waals surface area contributed by atoms with Gasteiger partial charge in [-0.25, -0.2) is 22.0 Å². The van der Waals surface area contributed by atoms with Crippen molar-refractivity contribution < 1.29 is 21.6 Å². The van der Waals surface area contributed by atoms with Gasteiger partial charge in [0.15, 0.2) is 0 Å². The highest BCUT2D eigenvalue weighted by atomic mass is 32.2. The molecule has 106 valence electrons. The molecule has 0 spiro atoms. The van der Waals surface area contributed by atoms with Gasteiger partial charge in [-0.3, -0.25) is 0 Å². The third-order valence-electron chi connectivity index (χ3n) is 2.74. The molecule has 0 unspecified atom stereocenters. The molecule has 9 heteroatoms. The van der Waals surface area contributed by atoms with Crippen LogP contribution in [0.25, 0.3) is 0 Å². The minimum Gasteiger partial charge on any atom is -0.379 e. The van der Waals surface area contributed by atoms with E-state index < -0.39 is 20.0 Å². The second kappa shape index (κ2) is 5.17. The van der Waals surface area contributed by atoms with Gasteiger partial charge in [0, 0.05) is 13.1 Å². The highest BCUT2D eigenvalue weighted by Gasteiger charge is 2.30. The Balaban J connectivity index is 2.52. The average molecular weight is 306 g/mol. The first kappa shape index (κ1) is 14.4. The van der Waals surface area contributed by atoms with Gasteiger partial charge in [-0.1, -0.05) is 12.1 Å². The van der Waals surface area contributed by atoms with Crippen LogP contribution in [0.1, 0.15) is 0 Å². The lowest BCUT2D eigenvalue weighted by molar-refractivity contribution is 0.0729. The van der Waals surface area contributed by atoms with E-state index in [0.717, 1.165) is 0 Å². The predicted octanol–water partition coefficient (Wildman–Crippen LogP) is -0.645. The molecule has 1 fully saturated rings. The summed E-state index contributed by atoms with van der Waals surface area (Å²) in [6.07, 6.45) is 0. The lowest BCUT2D eigenvalue weighted by atomic mass is 10.4. The highest BCUT2D eigenvalue weighted by Crippen LogP contribution is 2.23. The number of sulfonamides is 2. The SMILES string of the molecule is NS(=O)(=O)c1ccccc1S(=O)(=O)N1CCOCC1. The van der Waals surface area contributed by atoms with Gasteiger partial charge in [0.05, 0.1) is 13.2 Å². The first-order chi connectivity index (χ1) is 8.83. The van der Waals surface area contributed by atoms with E-state index in [-0.39, 0.29) is 36.1 Å². The van der Waals surface area contributed by atoms with Crippen LogP contribution in [0.15, 0.2) is 34.1 Å². The molecule has 1 aliphatic rings. The fourth-order valence-corrected chi connectivity index (χ4v) is 4.59. The van der Waals surface area contributed by atoms with Crippen molar-refractivity contribution in [1.29, 1.82) is 0 Å². The van der Waals surface area contributed by atoms with Gasteiger partial charge in [-0.05, 0) is 12.1 Å². The molecule has 1 saturated heterocycles. The van der Waals surface area contributed by atoms with Gasteiger partial charge in [-0.2, -0.15) is 4.31 Å². The molecule has 7 nitrogen and oxygen atoms in total. The third kappa shape index (κ3) is 2.95. The van der Waals surface area contributed by atoms with Crippen molar-refractivity contribution in [3.05, 3.63) is 24.3 Å². The Labute approximate surface area is 112 Å². The number of benzene rings is 1. The first-order valence-corrected chi connectivity index (χ1v) is 8.52. The number of morpholine rings is 1. The monoisotopic (exact) mass is 306 g/mol.